The lowest BCUT2D eigenvalue weighted by Crippen LogP contribution is -2.52. The summed E-state index contributed by atoms with van der Waals surface area (Å²) >= 11 is 0. The van der Waals surface area contributed by atoms with Crippen LogP contribution in [0.25, 0.3) is 0 Å². The van der Waals surface area contributed by atoms with Crippen LogP contribution in [0.15, 0.2) is 0 Å². The molecule has 2 aliphatic rings. The van der Waals surface area contributed by atoms with E-state index in [1.165, 1.54) is 0 Å². The van der Waals surface area contributed by atoms with Gasteiger partial charge in [-0.05, 0) is 44.2 Å². The van der Waals surface area contributed by atoms with Gasteiger partial charge in [0.25, 0.3) is 10.2 Å². The van der Waals surface area contributed by atoms with Gasteiger partial charge in [-0.25, -0.2) is 0 Å². The molecule has 2 unspecified atom stereocenters. The Labute approximate surface area is 123 Å². The highest BCUT2D eigenvalue weighted by atomic mass is 35.5. The summed E-state index contributed by atoms with van der Waals surface area (Å²) in [7, 11) is -3.29. The van der Waals surface area contributed by atoms with E-state index < -0.39 is 10.2 Å². The number of hydrogen-bond acceptors (Lipinski definition) is 3. The Balaban J connectivity index is 0.00000180. The second kappa shape index (κ2) is 7.22. The van der Waals surface area contributed by atoms with Crippen molar-refractivity contribution in [2.75, 3.05) is 26.2 Å². The molecule has 0 saturated carbocycles. The Kier molecular flexibility index (Phi) is 6.53. The second-order valence-corrected chi connectivity index (χ2v) is 7.61. The van der Waals surface area contributed by atoms with Gasteiger partial charge in [0.2, 0.25) is 0 Å². The highest BCUT2D eigenvalue weighted by Crippen LogP contribution is 2.23. The first-order valence-corrected chi connectivity index (χ1v) is 8.39. The first-order valence-electron chi connectivity index (χ1n) is 6.95. The van der Waals surface area contributed by atoms with Gasteiger partial charge >= 0.3 is 0 Å². The fraction of sp³-hybridized carbons (Fsp3) is 1.00. The Morgan fingerprint density at radius 1 is 1.11 bits per heavy atom. The molecular weight excluding hydrogens is 286 g/mol. The SMILES string of the molecule is CC1CC(C)CN(S(=O)(=O)NC2CCNCC2)C1.Cl. The lowest BCUT2D eigenvalue weighted by molar-refractivity contribution is 0.218. The second-order valence-electron chi connectivity index (χ2n) is 5.91. The number of hydrogen-bond donors (Lipinski definition) is 2. The van der Waals surface area contributed by atoms with E-state index in [1.807, 2.05) is 0 Å². The lowest BCUT2D eigenvalue weighted by Gasteiger charge is -2.35. The van der Waals surface area contributed by atoms with Crippen molar-refractivity contribution < 1.29 is 8.42 Å². The molecular formula is C12H26ClN3O2S. The van der Waals surface area contributed by atoms with Gasteiger partial charge in [-0.3, -0.25) is 0 Å². The van der Waals surface area contributed by atoms with Gasteiger partial charge in [0.05, 0.1) is 0 Å². The minimum atomic E-state index is -3.29. The zero-order valence-electron chi connectivity index (χ0n) is 11.8. The van der Waals surface area contributed by atoms with Gasteiger partial charge < -0.3 is 5.32 Å². The molecule has 0 aliphatic carbocycles. The first-order chi connectivity index (χ1) is 8.47. The Bertz CT molecular complexity index is 361. The molecule has 0 aromatic carbocycles. The summed E-state index contributed by atoms with van der Waals surface area (Å²) in [5.41, 5.74) is 0. The molecule has 0 spiro atoms. The fourth-order valence-corrected chi connectivity index (χ4v) is 4.73. The maximum Gasteiger partial charge on any atom is 0.279 e. The van der Waals surface area contributed by atoms with E-state index in [9.17, 15) is 8.42 Å². The van der Waals surface area contributed by atoms with Crippen LogP contribution in [0, 0.1) is 11.8 Å². The van der Waals surface area contributed by atoms with E-state index in [0.717, 1.165) is 32.4 Å². The molecule has 0 aromatic rings. The summed E-state index contributed by atoms with van der Waals surface area (Å²) in [5.74, 6) is 0.914. The standard InChI is InChI=1S/C12H25N3O2S.ClH/c1-10-7-11(2)9-15(8-10)18(16,17)14-12-3-5-13-6-4-12;/h10-14H,3-9H2,1-2H3;1H. The molecule has 0 radical (unpaired) electrons. The maximum absolute atomic E-state index is 12.3. The molecule has 2 rings (SSSR count). The molecule has 2 atom stereocenters. The van der Waals surface area contributed by atoms with Crippen LogP contribution in [0.5, 0.6) is 0 Å². The van der Waals surface area contributed by atoms with Crippen molar-refractivity contribution in [3.05, 3.63) is 0 Å². The largest absolute Gasteiger partial charge is 0.317 e. The smallest absolute Gasteiger partial charge is 0.279 e. The van der Waals surface area contributed by atoms with Crippen LogP contribution >= 0.6 is 12.4 Å². The molecule has 2 heterocycles. The molecule has 114 valence electrons. The third kappa shape index (κ3) is 4.86. The quantitative estimate of drug-likeness (QED) is 0.816. The summed E-state index contributed by atoms with van der Waals surface area (Å²) in [6.45, 7) is 7.38. The minimum absolute atomic E-state index is 0. The van der Waals surface area contributed by atoms with Crippen molar-refractivity contribution >= 4 is 22.6 Å². The van der Waals surface area contributed by atoms with E-state index >= 15 is 0 Å². The van der Waals surface area contributed by atoms with Gasteiger partial charge in [-0.2, -0.15) is 17.4 Å². The fourth-order valence-electron chi connectivity index (χ4n) is 3.03. The summed E-state index contributed by atoms with van der Waals surface area (Å²) in [4.78, 5) is 0. The van der Waals surface area contributed by atoms with Crippen LogP contribution in [0.3, 0.4) is 0 Å². The molecule has 2 N–H and O–H groups in total. The van der Waals surface area contributed by atoms with Crippen molar-refractivity contribution in [3.8, 4) is 0 Å². The zero-order valence-corrected chi connectivity index (χ0v) is 13.4. The molecule has 5 nitrogen and oxygen atoms in total. The van der Waals surface area contributed by atoms with Crippen LogP contribution in [0.2, 0.25) is 0 Å². The third-order valence-corrected chi connectivity index (χ3v) is 5.44. The van der Waals surface area contributed by atoms with Gasteiger partial charge in [0.1, 0.15) is 0 Å². The van der Waals surface area contributed by atoms with Crippen molar-refractivity contribution in [1.29, 1.82) is 0 Å². The summed E-state index contributed by atoms with van der Waals surface area (Å²) in [6, 6.07) is 0.101. The van der Waals surface area contributed by atoms with Crippen LogP contribution in [-0.4, -0.2) is 44.9 Å². The predicted octanol–water partition coefficient (Wildman–Crippen LogP) is 0.972. The first kappa shape index (κ1) is 17.2. The Morgan fingerprint density at radius 3 is 2.16 bits per heavy atom. The molecule has 2 saturated heterocycles. The summed E-state index contributed by atoms with van der Waals surface area (Å²) < 4.78 is 29.2. The molecule has 7 heteroatoms. The number of rotatable bonds is 3. The zero-order chi connectivity index (χ0) is 13.2. The van der Waals surface area contributed by atoms with Gasteiger partial charge in [-0.15, -0.1) is 12.4 Å². The van der Waals surface area contributed by atoms with Crippen molar-refractivity contribution in [1.82, 2.24) is 14.3 Å². The van der Waals surface area contributed by atoms with E-state index in [0.29, 0.717) is 24.9 Å². The molecule has 2 aliphatic heterocycles. The summed E-state index contributed by atoms with van der Waals surface area (Å²) in [5, 5.41) is 3.25. The maximum atomic E-state index is 12.3. The summed E-state index contributed by atoms with van der Waals surface area (Å²) in [6.07, 6.45) is 2.90. The lowest BCUT2D eigenvalue weighted by atomic mass is 9.94. The van der Waals surface area contributed by atoms with Crippen LogP contribution in [0.1, 0.15) is 33.1 Å². The van der Waals surface area contributed by atoms with E-state index in [1.54, 1.807) is 4.31 Å². The normalized spacial score (nSPS) is 30.8. The van der Waals surface area contributed by atoms with Gasteiger partial charge in [-0.1, -0.05) is 13.8 Å². The number of nitrogens with one attached hydrogen (secondary N) is 2. The monoisotopic (exact) mass is 311 g/mol. The van der Waals surface area contributed by atoms with Gasteiger partial charge in [0.15, 0.2) is 0 Å². The highest BCUT2D eigenvalue weighted by molar-refractivity contribution is 7.87. The number of piperidine rings is 2. The highest BCUT2D eigenvalue weighted by Gasteiger charge is 2.32. The molecule has 0 amide bonds. The topological polar surface area (TPSA) is 61.4 Å². The molecule has 2 fully saturated rings. The Hall–Kier alpha value is 0.120. The number of halogens is 1. The van der Waals surface area contributed by atoms with Crippen LogP contribution in [0.4, 0.5) is 0 Å². The minimum Gasteiger partial charge on any atom is -0.317 e. The van der Waals surface area contributed by atoms with E-state index in [2.05, 4.69) is 23.9 Å². The van der Waals surface area contributed by atoms with E-state index in [4.69, 9.17) is 0 Å². The van der Waals surface area contributed by atoms with E-state index in [-0.39, 0.29) is 18.4 Å². The van der Waals surface area contributed by atoms with Crippen LogP contribution < -0.4 is 10.0 Å². The van der Waals surface area contributed by atoms with Crippen molar-refractivity contribution in [3.63, 3.8) is 0 Å². The average molecular weight is 312 g/mol. The molecule has 0 aromatic heterocycles. The number of nitrogens with zero attached hydrogens (tertiary/aromatic N) is 1. The predicted molar refractivity (Wildman–Crippen MR) is 79.7 cm³/mol. The van der Waals surface area contributed by atoms with Crippen molar-refractivity contribution in [2.24, 2.45) is 11.8 Å². The van der Waals surface area contributed by atoms with Gasteiger partial charge in [0, 0.05) is 19.1 Å². The average Bonchev–Trinajstić information content (AvgIpc) is 2.28. The third-order valence-electron chi connectivity index (χ3n) is 3.83. The molecule has 19 heavy (non-hydrogen) atoms. The van der Waals surface area contributed by atoms with Crippen molar-refractivity contribution in [2.45, 2.75) is 39.2 Å². The molecule has 0 bridgehead atoms. The van der Waals surface area contributed by atoms with Crippen LogP contribution in [-0.2, 0) is 10.2 Å². The Morgan fingerprint density at radius 2 is 1.63 bits per heavy atom.